The van der Waals surface area contributed by atoms with E-state index in [1.165, 1.54) is 0 Å². The minimum atomic E-state index is -0.779. The van der Waals surface area contributed by atoms with Crippen LogP contribution in [0.25, 0.3) is 0 Å². The van der Waals surface area contributed by atoms with Gasteiger partial charge in [0.1, 0.15) is 5.75 Å². The third kappa shape index (κ3) is 3.47. The molecule has 1 aliphatic carbocycles. The number of ether oxygens (including phenoxy) is 1. The van der Waals surface area contributed by atoms with Crippen LogP contribution in [0, 0.1) is 5.92 Å². The maximum Gasteiger partial charge on any atom is 0.306 e. The van der Waals surface area contributed by atoms with Gasteiger partial charge in [0.15, 0.2) is 0 Å². The number of hydrogen-bond donors (Lipinski definition) is 2. The van der Waals surface area contributed by atoms with E-state index in [4.69, 9.17) is 9.84 Å². The van der Waals surface area contributed by atoms with Crippen molar-refractivity contribution >= 4 is 11.9 Å². The molecule has 0 saturated heterocycles. The predicted octanol–water partition coefficient (Wildman–Crippen LogP) is 1.22. The lowest BCUT2D eigenvalue weighted by molar-refractivity contribution is -0.146. The van der Waals surface area contributed by atoms with Crippen molar-refractivity contribution in [2.24, 2.45) is 5.92 Å². The SMILES string of the molecule is COc1cccc(CC(=O)NC2CC(C(=O)O)C2)c1. The van der Waals surface area contributed by atoms with E-state index in [9.17, 15) is 9.59 Å². The molecule has 0 unspecified atom stereocenters. The highest BCUT2D eigenvalue weighted by Crippen LogP contribution is 2.27. The quantitative estimate of drug-likeness (QED) is 0.837. The van der Waals surface area contributed by atoms with Crippen LogP contribution in [0.1, 0.15) is 18.4 Å². The molecule has 5 heteroatoms. The number of carboxylic acid groups (broad SMARTS) is 1. The molecule has 102 valence electrons. The zero-order valence-corrected chi connectivity index (χ0v) is 10.8. The molecule has 1 saturated carbocycles. The number of rotatable bonds is 5. The molecule has 0 radical (unpaired) electrons. The molecule has 0 heterocycles. The van der Waals surface area contributed by atoms with Crippen LogP contribution in [-0.4, -0.2) is 30.1 Å². The van der Waals surface area contributed by atoms with Gasteiger partial charge in [-0.25, -0.2) is 0 Å². The first-order valence-corrected chi connectivity index (χ1v) is 6.23. The summed E-state index contributed by atoms with van der Waals surface area (Å²) >= 11 is 0. The molecule has 2 rings (SSSR count). The lowest BCUT2D eigenvalue weighted by Crippen LogP contribution is -2.47. The number of carbonyl (C=O) groups excluding carboxylic acids is 1. The van der Waals surface area contributed by atoms with Crippen LogP contribution < -0.4 is 10.1 Å². The number of methoxy groups -OCH3 is 1. The largest absolute Gasteiger partial charge is 0.497 e. The van der Waals surface area contributed by atoms with Crippen molar-refractivity contribution in [3.63, 3.8) is 0 Å². The monoisotopic (exact) mass is 263 g/mol. The summed E-state index contributed by atoms with van der Waals surface area (Å²) in [6.07, 6.45) is 1.34. The molecule has 19 heavy (non-hydrogen) atoms. The minimum absolute atomic E-state index is 0.000734. The summed E-state index contributed by atoms with van der Waals surface area (Å²) in [7, 11) is 1.58. The number of hydrogen-bond acceptors (Lipinski definition) is 3. The highest BCUT2D eigenvalue weighted by Gasteiger charge is 2.35. The second-order valence-electron chi connectivity index (χ2n) is 4.80. The molecular formula is C14H17NO4. The van der Waals surface area contributed by atoms with Crippen molar-refractivity contribution < 1.29 is 19.4 Å². The molecule has 0 atom stereocenters. The number of aliphatic carboxylic acids is 1. The van der Waals surface area contributed by atoms with Crippen LogP contribution in [0.4, 0.5) is 0 Å². The average molecular weight is 263 g/mol. The molecule has 1 amide bonds. The number of nitrogens with one attached hydrogen (secondary N) is 1. The average Bonchev–Trinajstić information content (AvgIpc) is 2.33. The van der Waals surface area contributed by atoms with Crippen molar-refractivity contribution in [2.75, 3.05) is 7.11 Å². The standard InChI is InChI=1S/C14H17NO4/c1-19-12-4-2-3-9(5-12)6-13(16)15-11-7-10(8-11)14(17)18/h2-5,10-11H,6-8H2,1H3,(H,15,16)(H,17,18). The summed E-state index contributed by atoms with van der Waals surface area (Å²) in [6, 6.07) is 7.35. The zero-order valence-electron chi connectivity index (χ0n) is 10.8. The molecule has 0 aliphatic heterocycles. The number of carbonyl (C=O) groups is 2. The minimum Gasteiger partial charge on any atom is -0.497 e. The van der Waals surface area contributed by atoms with E-state index in [-0.39, 0.29) is 24.3 Å². The summed E-state index contributed by atoms with van der Waals surface area (Å²) in [5, 5.41) is 11.6. The van der Waals surface area contributed by atoms with Crippen LogP contribution in [-0.2, 0) is 16.0 Å². The Bertz CT molecular complexity index is 480. The van der Waals surface area contributed by atoms with Crippen molar-refractivity contribution in [1.82, 2.24) is 5.32 Å². The van der Waals surface area contributed by atoms with Crippen LogP contribution in [0.15, 0.2) is 24.3 Å². The lowest BCUT2D eigenvalue weighted by atomic mass is 9.80. The maximum absolute atomic E-state index is 11.8. The summed E-state index contributed by atoms with van der Waals surface area (Å²) < 4.78 is 5.09. The summed E-state index contributed by atoms with van der Waals surface area (Å²) in [6.45, 7) is 0. The molecule has 0 aromatic heterocycles. The van der Waals surface area contributed by atoms with E-state index in [1.807, 2.05) is 24.3 Å². The van der Waals surface area contributed by atoms with E-state index in [2.05, 4.69) is 5.32 Å². The Morgan fingerprint density at radius 3 is 2.79 bits per heavy atom. The van der Waals surface area contributed by atoms with Gasteiger partial charge in [-0.2, -0.15) is 0 Å². The highest BCUT2D eigenvalue weighted by molar-refractivity contribution is 5.79. The van der Waals surface area contributed by atoms with Crippen molar-refractivity contribution in [2.45, 2.75) is 25.3 Å². The molecule has 2 N–H and O–H groups in total. The van der Waals surface area contributed by atoms with Crippen molar-refractivity contribution in [1.29, 1.82) is 0 Å². The van der Waals surface area contributed by atoms with Gasteiger partial charge in [0, 0.05) is 6.04 Å². The molecule has 1 aliphatic rings. The van der Waals surface area contributed by atoms with Crippen LogP contribution in [0.2, 0.25) is 0 Å². The molecule has 1 aromatic carbocycles. The van der Waals surface area contributed by atoms with E-state index in [0.717, 1.165) is 11.3 Å². The van der Waals surface area contributed by atoms with Gasteiger partial charge < -0.3 is 15.2 Å². The fourth-order valence-electron chi connectivity index (χ4n) is 2.18. The number of benzene rings is 1. The lowest BCUT2D eigenvalue weighted by Gasteiger charge is -2.32. The third-order valence-corrected chi connectivity index (χ3v) is 3.35. The van der Waals surface area contributed by atoms with Crippen LogP contribution >= 0.6 is 0 Å². The van der Waals surface area contributed by atoms with E-state index >= 15 is 0 Å². The molecule has 0 spiro atoms. The predicted molar refractivity (Wildman–Crippen MR) is 69.0 cm³/mol. The number of carboxylic acids is 1. The zero-order chi connectivity index (χ0) is 13.8. The molecule has 5 nitrogen and oxygen atoms in total. The van der Waals surface area contributed by atoms with Gasteiger partial charge >= 0.3 is 5.97 Å². The topological polar surface area (TPSA) is 75.6 Å². The molecule has 1 fully saturated rings. The van der Waals surface area contributed by atoms with Gasteiger partial charge in [0.2, 0.25) is 5.91 Å². The molecule has 0 bridgehead atoms. The van der Waals surface area contributed by atoms with Crippen molar-refractivity contribution in [3.05, 3.63) is 29.8 Å². The highest BCUT2D eigenvalue weighted by atomic mass is 16.5. The van der Waals surface area contributed by atoms with E-state index in [0.29, 0.717) is 12.8 Å². The number of amides is 1. The smallest absolute Gasteiger partial charge is 0.306 e. The maximum atomic E-state index is 11.8. The fraction of sp³-hybridized carbons (Fsp3) is 0.429. The van der Waals surface area contributed by atoms with Gasteiger partial charge in [0.25, 0.3) is 0 Å². The Labute approximate surface area is 111 Å². The van der Waals surface area contributed by atoms with E-state index < -0.39 is 5.97 Å². The second-order valence-corrected chi connectivity index (χ2v) is 4.80. The summed E-state index contributed by atoms with van der Waals surface area (Å²) in [4.78, 5) is 22.4. The summed E-state index contributed by atoms with van der Waals surface area (Å²) in [5.74, 6) is -0.442. The second kappa shape index (κ2) is 5.73. The fourth-order valence-corrected chi connectivity index (χ4v) is 2.18. The Morgan fingerprint density at radius 2 is 2.16 bits per heavy atom. The van der Waals surface area contributed by atoms with Gasteiger partial charge in [-0.1, -0.05) is 12.1 Å². The third-order valence-electron chi connectivity index (χ3n) is 3.35. The Morgan fingerprint density at radius 1 is 1.42 bits per heavy atom. The van der Waals surface area contributed by atoms with Gasteiger partial charge in [-0.3, -0.25) is 9.59 Å². The van der Waals surface area contributed by atoms with Gasteiger partial charge in [-0.05, 0) is 30.5 Å². The summed E-state index contributed by atoms with van der Waals surface area (Å²) in [5.41, 5.74) is 0.881. The Balaban J connectivity index is 1.80. The van der Waals surface area contributed by atoms with Gasteiger partial charge in [-0.15, -0.1) is 0 Å². The van der Waals surface area contributed by atoms with Gasteiger partial charge in [0.05, 0.1) is 19.4 Å². The Hall–Kier alpha value is -2.04. The van der Waals surface area contributed by atoms with Crippen molar-refractivity contribution in [3.8, 4) is 5.75 Å². The first kappa shape index (κ1) is 13.4. The van der Waals surface area contributed by atoms with E-state index in [1.54, 1.807) is 7.11 Å². The van der Waals surface area contributed by atoms with Crippen LogP contribution in [0.5, 0.6) is 5.75 Å². The van der Waals surface area contributed by atoms with Crippen LogP contribution in [0.3, 0.4) is 0 Å². The first-order valence-electron chi connectivity index (χ1n) is 6.23. The molecular weight excluding hydrogens is 246 g/mol. The normalized spacial score (nSPS) is 21.3. The molecule has 1 aromatic rings. The first-order chi connectivity index (χ1) is 9.08. The Kier molecular flexibility index (Phi) is 4.04.